The predicted molar refractivity (Wildman–Crippen MR) is 65.4 cm³/mol. The van der Waals surface area contributed by atoms with E-state index in [0.717, 1.165) is 18.5 Å². The average molecular weight is 203 g/mol. The minimum Gasteiger partial charge on any atom is -0.314 e. The van der Waals surface area contributed by atoms with Crippen molar-refractivity contribution < 1.29 is 0 Å². The van der Waals surface area contributed by atoms with Crippen molar-refractivity contribution in [2.24, 2.45) is 0 Å². The molecule has 0 spiro atoms. The Morgan fingerprint density at radius 2 is 2.00 bits per heavy atom. The van der Waals surface area contributed by atoms with E-state index in [-0.39, 0.29) is 0 Å². The van der Waals surface area contributed by atoms with Gasteiger partial charge in [0.2, 0.25) is 0 Å². The van der Waals surface area contributed by atoms with Gasteiger partial charge in [0, 0.05) is 6.04 Å². The third-order valence-electron chi connectivity index (χ3n) is 3.51. The van der Waals surface area contributed by atoms with Gasteiger partial charge >= 0.3 is 0 Å². The van der Waals surface area contributed by atoms with Gasteiger partial charge in [-0.1, -0.05) is 30.7 Å². The van der Waals surface area contributed by atoms with Crippen molar-refractivity contribution in [3.05, 3.63) is 34.9 Å². The lowest BCUT2D eigenvalue weighted by atomic mass is 9.74. The first kappa shape index (κ1) is 10.7. The quantitative estimate of drug-likeness (QED) is 0.795. The molecule has 0 atom stereocenters. The Balaban J connectivity index is 2.03. The normalized spacial score (nSPS) is 25.0. The van der Waals surface area contributed by atoms with Crippen molar-refractivity contribution in [1.82, 2.24) is 5.32 Å². The highest BCUT2D eigenvalue weighted by Gasteiger charge is 2.30. The highest BCUT2D eigenvalue weighted by atomic mass is 14.9. The first-order chi connectivity index (χ1) is 7.20. The van der Waals surface area contributed by atoms with E-state index < -0.39 is 0 Å². The van der Waals surface area contributed by atoms with Crippen LogP contribution in [0.4, 0.5) is 0 Å². The molecule has 0 bridgehead atoms. The van der Waals surface area contributed by atoms with Crippen molar-refractivity contribution in [3.8, 4) is 0 Å². The van der Waals surface area contributed by atoms with E-state index in [1.54, 1.807) is 5.56 Å². The fourth-order valence-corrected chi connectivity index (χ4v) is 2.53. The standard InChI is InChI=1S/C14H21N/c1-4-15-13-8-12(9-13)14-7-10(2)5-6-11(14)3/h5-7,12-13,15H,4,8-9H2,1-3H3. The fraction of sp³-hybridized carbons (Fsp3) is 0.571. The zero-order chi connectivity index (χ0) is 10.8. The highest BCUT2D eigenvalue weighted by Crippen LogP contribution is 2.38. The monoisotopic (exact) mass is 203 g/mol. The molecule has 1 aromatic rings. The second-order valence-corrected chi connectivity index (χ2v) is 4.78. The molecule has 0 saturated heterocycles. The maximum Gasteiger partial charge on any atom is 0.00786 e. The van der Waals surface area contributed by atoms with Crippen LogP contribution >= 0.6 is 0 Å². The van der Waals surface area contributed by atoms with Crippen molar-refractivity contribution >= 4 is 0 Å². The number of aryl methyl sites for hydroxylation is 2. The third kappa shape index (κ3) is 2.23. The Labute approximate surface area is 92.9 Å². The van der Waals surface area contributed by atoms with Crippen LogP contribution in [0.5, 0.6) is 0 Å². The SMILES string of the molecule is CCNC1CC(c2cc(C)ccc2C)C1. The van der Waals surface area contributed by atoms with Crippen LogP contribution in [-0.2, 0) is 0 Å². The summed E-state index contributed by atoms with van der Waals surface area (Å²) in [5.41, 5.74) is 4.42. The lowest BCUT2D eigenvalue weighted by Crippen LogP contribution is -2.40. The lowest BCUT2D eigenvalue weighted by Gasteiger charge is -2.37. The Morgan fingerprint density at radius 3 is 2.67 bits per heavy atom. The molecule has 0 amide bonds. The van der Waals surface area contributed by atoms with Gasteiger partial charge in [-0.25, -0.2) is 0 Å². The van der Waals surface area contributed by atoms with Gasteiger partial charge in [-0.15, -0.1) is 0 Å². The van der Waals surface area contributed by atoms with E-state index in [9.17, 15) is 0 Å². The summed E-state index contributed by atoms with van der Waals surface area (Å²) in [6.07, 6.45) is 2.64. The first-order valence-electron chi connectivity index (χ1n) is 6.01. The number of nitrogens with one attached hydrogen (secondary N) is 1. The van der Waals surface area contributed by atoms with E-state index in [1.165, 1.54) is 24.0 Å². The lowest BCUT2D eigenvalue weighted by molar-refractivity contribution is 0.295. The van der Waals surface area contributed by atoms with Crippen molar-refractivity contribution in [2.75, 3.05) is 6.54 Å². The molecular formula is C14H21N. The Hall–Kier alpha value is -0.820. The summed E-state index contributed by atoms with van der Waals surface area (Å²) in [6.45, 7) is 7.70. The molecule has 1 aliphatic carbocycles. The van der Waals surface area contributed by atoms with E-state index >= 15 is 0 Å². The number of rotatable bonds is 3. The van der Waals surface area contributed by atoms with E-state index in [1.807, 2.05) is 0 Å². The van der Waals surface area contributed by atoms with Gasteiger partial charge in [0.15, 0.2) is 0 Å². The fourth-order valence-electron chi connectivity index (χ4n) is 2.53. The van der Waals surface area contributed by atoms with Gasteiger partial charge in [0.1, 0.15) is 0 Å². The van der Waals surface area contributed by atoms with Crippen LogP contribution in [0.3, 0.4) is 0 Å². The van der Waals surface area contributed by atoms with Crippen LogP contribution < -0.4 is 5.32 Å². The zero-order valence-electron chi connectivity index (χ0n) is 10.0. The molecule has 0 radical (unpaired) electrons. The maximum atomic E-state index is 3.52. The van der Waals surface area contributed by atoms with Gasteiger partial charge in [-0.3, -0.25) is 0 Å². The molecule has 2 rings (SSSR count). The van der Waals surface area contributed by atoms with Crippen molar-refractivity contribution in [3.63, 3.8) is 0 Å². The molecule has 1 nitrogen and oxygen atoms in total. The molecule has 82 valence electrons. The summed E-state index contributed by atoms with van der Waals surface area (Å²) in [4.78, 5) is 0. The second kappa shape index (κ2) is 4.36. The summed E-state index contributed by atoms with van der Waals surface area (Å²) in [7, 11) is 0. The summed E-state index contributed by atoms with van der Waals surface area (Å²) >= 11 is 0. The molecule has 1 fully saturated rings. The van der Waals surface area contributed by atoms with Gasteiger partial charge in [-0.2, -0.15) is 0 Å². The molecule has 0 aliphatic heterocycles. The number of hydrogen-bond donors (Lipinski definition) is 1. The average Bonchev–Trinajstić information content (AvgIpc) is 2.15. The van der Waals surface area contributed by atoms with Crippen LogP contribution in [0.2, 0.25) is 0 Å². The summed E-state index contributed by atoms with van der Waals surface area (Å²) < 4.78 is 0. The number of hydrogen-bond acceptors (Lipinski definition) is 1. The Kier molecular flexibility index (Phi) is 3.11. The van der Waals surface area contributed by atoms with Crippen molar-refractivity contribution in [1.29, 1.82) is 0 Å². The molecule has 15 heavy (non-hydrogen) atoms. The van der Waals surface area contributed by atoms with Crippen LogP contribution in [-0.4, -0.2) is 12.6 Å². The Morgan fingerprint density at radius 1 is 1.27 bits per heavy atom. The topological polar surface area (TPSA) is 12.0 Å². The maximum absolute atomic E-state index is 3.52. The minimum absolute atomic E-state index is 0.764. The predicted octanol–water partition coefficient (Wildman–Crippen LogP) is 3.16. The minimum atomic E-state index is 0.764. The molecule has 1 aromatic carbocycles. The van der Waals surface area contributed by atoms with E-state index in [4.69, 9.17) is 0 Å². The van der Waals surface area contributed by atoms with Crippen LogP contribution in [0, 0.1) is 13.8 Å². The van der Waals surface area contributed by atoms with Crippen LogP contribution in [0.25, 0.3) is 0 Å². The third-order valence-corrected chi connectivity index (χ3v) is 3.51. The van der Waals surface area contributed by atoms with Crippen LogP contribution in [0.15, 0.2) is 18.2 Å². The zero-order valence-corrected chi connectivity index (χ0v) is 10.0. The molecule has 1 saturated carbocycles. The summed E-state index contributed by atoms with van der Waals surface area (Å²) in [5.74, 6) is 0.800. The summed E-state index contributed by atoms with van der Waals surface area (Å²) in [6, 6.07) is 7.59. The summed E-state index contributed by atoms with van der Waals surface area (Å²) in [5, 5.41) is 3.52. The molecular weight excluding hydrogens is 182 g/mol. The van der Waals surface area contributed by atoms with Gasteiger partial charge in [-0.05, 0) is 50.3 Å². The van der Waals surface area contributed by atoms with E-state index in [0.29, 0.717) is 0 Å². The number of benzene rings is 1. The van der Waals surface area contributed by atoms with Gasteiger partial charge in [0.05, 0.1) is 0 Å². The second-order valence-electron chi connectivity index (χ2n) is 4.78. The first-order valence-corrected chi connectivity index (χ1v) is 6.01. The molecule has 0 aromatic heterocycles. The molecule has 1 aliphatic rings. The molecule has 0 heterocycles. The smallest absolute Gasteiger partial charge is 0.00786 e. The molecule has 0 unspecified atom stereocenters. The molecule has 1 heteroatoms. The largest absolute Gasteiger partial charge is 0.314 e. The highest BCUT2D eigenvalue weighted by molar-refractivity contribution is 5.35. The van der Waals surface area contributed by atoms with Gasteiger partial charge in [0.25, 0.3) is 0 Å². The van der Waals surface area contributed by atoms with Gasteiger partial charge < -0.3 is 5.32 Å². The van der Waals surface area contributed by atoms with E-state index in [2.05, 4.69) is 44.3 Å². The van der Waals surface area contributed by atoms with Crippen molar-refractivity contribution in [2.45, 2.75) is 45.6 Å². The molecule has 1 N–H and O–H groups in total. The Bertz CT molecular complexity index is 337. The van der Waals surface area contributed by atoms with Crippen LogP contribution in [0.1, 0.15) is 42.4 Å².